The number of hydrogen-bond donors (Lipinski definition) is 1. The lowest BCUT2D eigenvalue weighted by Crippen LogP contribution is -2.39. The molecule has 0 radical (unpaired) electrons. The number of rotatable bonds is 4. The molecule has 0 saturated carbocycles. The van der Waals surface area contributed by atoms with Crippen LogP contribution in [0.1, 0.15) is 26.2 Å². The first kappa shape index (κ1) is 13.3. The molecule has 4 nitrogen and oxygen atoms in total. The van der Waals surface area contributed by atoms with Gasteiger partial charge in [0.1, 0.15) is 5.82 Å². The maximum Gasteiger partial charge on any atom is 0.145 e. The Balaban J connectivity index is 1.62. The molecule has 0 atom stereocenters. The lowest BCUT2D eigenvalue weighted by atomic mass is 10.1. The van der Waals surface area contributed by atoms with Gasteiger partial charge in [-0.15, -0.1) is 0 Å². The second kappa shape index (κ2) is 6.18. The van der Waals surface area contributed by atoms with Gasteiger partial charge in [-0.3, -0.25) is 4.98 Å². The van der Waals surface area contributed by atoms with E-state index >= 15 is 0 Å². The average molecular weight is 270 g/mol. The van der Waals surface area contributed by atoms with E-state index in [-0.39, 0.29) is 0 Å². The van der Waals surface area contributed by atoms with Gasteiger partial charge in [-0.1, -0.05) is 19.1 Å². The molecule has 1 aromatic carbocycles. The van der Waals surface area contributed by atoms with Crippen LogP contribution in [0.5, 0.6) is 0 Å². The summed E-state index contributed by atoms with van der Waals surface area (Å²) in [5, 5.41) is 3.54. The first-order valence-electron chi connectivity index (χ1n) is 7.56. The number of likely N-dealkylation sites (tertiary alicyclic amines) is 1. The summed E-state index contributed by atoms with van der Waals surface area (Å²) in [5.41, 5.74) is 1.91. The van der Waals surface area contributed by atoms with Crippen LogP contribution in [-0.2, 0) is 0 Å². The third-order valence-electron chi connectivity index (χ3n) is 3.93. The molecule has 1 aromatic heterocycles. The van der Waals surface area contributed by atoms with Crippen LogP contribution in [0.2, 0.25) is 0 Å². The molecule has 106 valence electrons. The normalized spacial score (nSPS) is 17.4. The Kier molecular flexibility index (Phi) is 4.11. The molecule has 1 saturated heterocycles. The number of fused-ring (bicyclic) bond motifs is 1. The van der Waals surface area contributed by atoms with Gasteiger partial charge < -0.3 is 10.2 Å². The predicted octanol–water partition coefficient (Wildman–Crippen LogP) is 2.92. The lowest BCUT2D eigenvalue weighted by molar-refractivity contribution is 0.219. The summed E-state index contributed by atoms with van der Waals surface area (Å²) in [6, 6.07) is 8.53. The third-order valence-corrected chi connectivity index (χ3v) is 3.93. The number of aromatic nitrogens is 2. The zero-order chi connectivity index (χ0) is 13.8. The quantitative estimate of drug-likeness (QED) is 0.927. The Hall–Kier alpha value is -1.68. The smallest absolute Gasteiger partial charge is 0.145 e. The number of hydrogen-bond acceptors (Lipinski definition) is 4. The Morgan fingerprint density at radius 3 is 2.70 bits per heavy atom. The van der Waals surface area contributed by atoms with Gasteiger partial charge >= 0.3 is 0 Å². The van der Waals surface area contributed by atoms with Crippen LogP contribution >= 0.6 is 0 Å². The number of benzene rings is 1. The van der Waals surface area contributed by atoms with E-state index in [0.717, 1.165) is 16.9 Å². The molecule has 0 unspecified atom stereocenters. The van der Waals surface area contributed by atoms with Crippen LogP contribution in [0.3, 0.4) is 0 Å². The minimum Gasteiger partial charge on any atom is -0.366 e. The summed E-state index contributed by atoms with van der Waals surface area (Å²) in [4.78, 5) is 11.6. The Bertz CT molecular complexity index is 561. The Morgan fingerprint density at radius 2 is 1.95 bits per heavy atom. The fourth-order valence-corrected chi connectivity index (χ4v) is 2.85. The van der Waals surface area contributed by atoms with Gasteiger partial charge in [0, 0.05) is 19.1 Å². The van der Waals surface area contributed by atoms with Crippen molar-refractivity contribution in [1.82, 2.24) is 14.9 Å². The van der Waals surface area contributed by atoms with Crippen molar-refractivity contribution in [3.05, 3.63) is 30.5 Å². The molecule has 1 fully saturated rings. The molecule has 0 aliphatic carbocycles. The van der Waals surface area contributed by atoms with Crippen LogP contribution in [0, 0.1) is 0 Å². The molecule has 0 bridgehead atoms. The largest absolute Gasteiger partial charge is 0.366 e. The first-order chi connectivity index (χ1) is 9.85. The maximum absolute atomic E-state index is 4.64. The van der Waals surface area contributed by atoms with Gasteiger partial charge in [0.25, 0.3) is 0 Å². The van der Waals surface area contributed by atoms with Gasteiger partial charge in [-0.2, -0.15) is 0 Å². The average Bonchev–Trinajstić information content (AvgIpc) is 2.49. The van der Waals surface area contributed by atoms with Crippen molar-refractivity contribution in [1.29, 1.82) is 0 Å². The first-order valence-corrected chi connectivity index (χ1v) is 7.56. The van der Waals surface area contributed by atoms with E-state index in [1.165, 1.54) is 38.9 Å². The zero-order valence-corrected chi connectivity index (χ0v) is 12.0. The summed E-state index contributed by atoms with van der Waals surface area (Å²) < 4.78 is 0. The van der Waals surface area contributed by atoms with Gasteiger partial charge in [0.15, 0.2) is 0 Å². The maximum atomic E-state index is 4.64. The van der Waals surface area contributed by atoms with Crippen molar-refractivity contribution >= 4 is 16.9 Å². The summed E-state index contributed by atoms with van der Waals surface area (Å²) >= 11 is 0. The predicted molar refractivity (Wildman–Crippen MR) is 82.9 cm³/mol. The molecular weight excluding hydrogens is 248 g/mol. The number of piperidine rings is 1. The van der Waals surface area contributed by atoms with Crippen LogP contribution in [0.25, 0.3) is 11.0 Å². The van der Waals surface area contributed by atoms with E-state index in [0.29, 0.717) is 6.04 Å². The number of para-hydroxylation sites is 2. The zero-order valence-electron chi connectivity index (χ0n) is 12.0. The summed E-state index contributed by atoms with van der Waals surface area (Å²) in [6.45, 7) is 5.84. The summed E-state index contributed by atoms with van der Waals surface area (Å²) in [5.74, 6) is 0.901. The number of nitrogens with one attached hydrogen (secondary N) is 1. The fraction of sp³-hybridized carbons (Fsp3) is 0.500. The number of nitrogens with zero attached hydrogens (tertiary/aromatic N) is 3. The molecule has 0 spiro atoms. The second-order valence-corrected chi connectivity index (χ2v) is 5.50. The molecule has 3 rings (SSSR count). The van der Waals surface area contributed by atoms with Gasteiger partial charge in [0.2, 0.25) is 0 Å². The molecule has 1 N–H and O–H groups in total. The molecule has 0 amide bonds. The summed E-state index contributed by atoms with van der Waals surface area (Å²) in [6.07, 6.45) is 5.47. The van der Waals surface area contributed by atoms with Crippen molar-refractivity contribution < 1.29 is 0 Å². The van der Waals surface area contributed by atoms with Gasteiger partial charge in [-0.25, -0.2) is 4.98 Å². The Labute approximate surface area is 120 Å². The topological polar surface area (TPSA) is 41.0 Å². The molecule has 1 aliphatic heterocycles. The van der Waals surface area contributed by atoms with Gasteiger partial charge in [0.05, 0.1) is 17.2 Å². The Morgan fingerprint density at radius 1 is 1.20 bits per heavy atom. The van der Waals surface area contributed by atoms with Crippen LogP contribution < -0.4 is 5.32 Å². The van der Waals surface area contributed by atoms with Crippen molar-refractivity contribution in [2.75, 3.05) is 25.0 Å². The molecule has 4 heteroatoms. The minimum atomic E-state index is 0.526. The molecule has 20 heavy (non-hydrogen) atoms. The summed E-state index contributed by atoms with van der Waals surface area (Å²) in [7, 11) is 0. The standard InChI is InChI=1S/C16H22N4/c1-2-9-20-10-7-13(8-11-20)18-16-12-17-14-5-3-4-6-15(14)19-16/h3-6,12-13H,2,7-11H2,1H3,(H,18,19). The highest BCUT2D eigenvalue weighted by atomic mass is 15.1. The minimum absolute atomic E-state index is 0.526. The van der Waals surface area contributed by atoms with E-state index in [2.05, 4.69) is 27.1 Å². The van der Waals surface area contributed by atoms with Crippen molar-refractivity contribution in [2.45, 2.75) is 32.2 Å². The lowest BCUT2D eigenvalue weighted by Gasteiger charge is -2.32. The highest BCUT2D eigenvalue weighted by Crippen LogP contribution is 2.17. The number of anilines is 1. The third kappa shape index (κ3) is 3.07. The van der Waals surface area contributed by atoms with Crippen molar-refractivity contribution in [2.24, 2.45) is 0 Å². The van der Waals surface area contributed by atoms with Crippen LogP contribution in [0.4, 0.5) is 5.82 Å². The van der Waals surface area contributed by atoms with Gasteiger partial charge in [-0.05, 0) is 37.9 Å². The monoisotopic (exact) mass is 270 g/mol. The van der Waals surface area contributed by atoms with E-state index in [1.54, 1.807) is 0 Å². The van der Waals surface area contributed by atoms with E-state index in [4.69, 9.17) is 0 Å². The van der Waals surface area contributed by atoms with Crippen molar-refractivity contribution in [3.63, 3.8) is 0 Å². The van der Waals surface area contributed by atoms with Crippen LogP contribution in [-0.4, -0.2) is 40.5 Å². The second-order valence-electron chi connectivity index (χ2n) is 5.50. The molecule has 1 aliphatic rings. The highest BCUT2D eigenvalue weighted by Gasteiger charge is 2.18. The molecule has 2 heterocycles. The fourth-order valence-electron chi connectivity index (χ4n) is 2.85. The SMILES string of the molecule is CCCN1CCC(Nc2cnc3ccccc3n2)CC1. The molecule has 2 aromatic rings. The van der Waals surface area contributed by atoms with Crippen molar-refractivity contribution in [3.8, 4) is 0 Å². The van der Waals surface area contributed by atoms with E-state index < -0.39 is 0 Å². The van der Waals surface area contributed by atoms with E-state index in [1.807, 2.05) is 30.5 Å². The highest BCUT2D eigenvalue weighted by molar-refractivity contribution is 5.75. The van der Waals surface area contributed by atoms with E-state index in [9.17, 15) is 0 Å². The van der Waals surface area contributed by atoms with Crippen LogP contribution in [0.15, 0.2) is 30.5 Å². The molecular formula is C16H22N4.